The van der Waals surface area contributed by atoms with Gasteiger partial charge in [-0.3, -0.25) is 9.78 Å². The molecule has 1 aromatic carbocycles. The fourth-order valence-electron chi connectivity index (χ4n) is 4.76. The van der Waals surface area contributed by atoms with Crippen LogP contribution in [0.4, 0.5) is 0 Å². The number of aromatic nitrogens is 1. The Kier molecular flexibility index (Phi) is 5.95. The number of ether oxygens (including phenoxy) is 2. The van der Waals surface area contributed by atoms with E-state index in [1.54, 1.807) is 31.6 Å². The van der Waals surface area contributed by atoms with Gasteiger partial charge in [0, 0.05) is 36.6 Å². The van der Waals surface area contributed by atoms with Crippen LogP contribution in [0.2, 0.25) is 0 Å². The zero-order chi connectivity index (χ0) is 21.1. The molecule has 0 unspecified atom stereocenters. The zero-order valence-electron chi connectivity index (χ0n) is 18.1. The SMILES string of the molecule is COc1ccc2c(c1)CN(C(=O)c1ccncc1)CC1(CCC(CN(C)C)CC1)O2. The molecule has 0 saturated heterocycles. The summed E-state index contributed by atoms with van der Waals surface area (Å²) in [6.07, 6.45) is 7.47. The van der Waals surface area contributed by atoms with E-state index < -0.39 is 0 Å². The second kappa shape index (κ2) is 8.64. The topological polar surface area (TPSA) is 54.9 Å². The van der Waals surface area contributed by atoms with Gasteiger partial charge in [0.1, 0.15) is 17.1 Å². The Bertz CT molecular complexity index is 877. The van der Waals surface area contributed by atoms with Gasteiger partial charge in [-0.1, -0.05) is 0 Å². The van der Waals surface area contributed by atoms with Gasteiger partial charge >= 0.3 is 0 Å². The third kappa shape index (κ3) is 4.43. The number of pyridine rings is 1. The summed E-state index contributed by atoms with van der Waals surface area (Å²) < 4.78 is 12.1. The highest BCUT2D eigenvalue weighted by molar-refractivity contribution is 5.94. The monoisotopic (exact) mass is 409 g/mol. The van der Waals surface area contributed by atoms with Gasteiger partial charge in [-0.05, 0) is 76.0 Å². The molecule has 2 aromatic rings. The average Bonchev–Trinajstić information content (AvgIpc) is 2.91. The first-order chi connectivity index (χ1) is 14.5. The van der Waals surface area contributed by atoms with Crippen molar-refractivity contribution in [1.29, 1.82) is 0 Å². The molecular weight excluding hydrogens is 378 g/mol. The van der Waals surface area contributed by atoms with Crippen molar-refractivity contribution in [2.75, 3.05) is 34.3 Å². The number of rotatable bonds is 4. The number of nitrogens with zero attached hydrogens (tertiary/aromatic N) is 3. The molecule has 0 bridgehead atoms. The molecule has 1 aliphatic carbocycles. The van der Waals surface area contributed by atoms with Crippen LogP contribution in [-0.2, 0) is 6.54 Å². The van der Waals surface area contributed by atoms with Gasteiger partial charge in [0.05, 0.1) is 13.7 Å². The number of amides is 1. The summed E-state index contributed by atoms with van der Waals surface area (Å²) in [4.78, 5) is 21.6. The van der Waals surface area contributed by atoms with Crippen LogP contribution in [0.1, 0.15) is 41.6 Å². The van der Waals surface area contributed by atoms with E-state index in [-0.39, 0.29) is 11.5 Å². The first-order valence-corrected chi connectivity index (χ1v) is 10.7. The van der Waals surface area contributed by atoms with Gasteiger partial charge in [0.2, 0.25) is 0 Å². The lowest BCUT2D eigenvalue weighted by atomic mass is 9.78. The average molecular weight is 410 g/mol. The highest BCUT2D eigenvalue weighted by Gasteiger charge is 2.42. The lowest BCUT2D eigenvalue weighted by Gasteiger charge is -2.42. The first-order valence-electron chi connectivity index (χ1n) is 10.7. The molecule has 6 heteroatoms. The Hall–Kier alpha value is -2.60. The van der Waals surface area contributed by atoms with Gasteiger partial charge in [0.25, 0.3) is 5.91 Å². The maximum atomic E-state index is 13.4. The second-order valence-electron chi connectivity index (χ2n) is 8.86. The summed E-state index contributed by atoms with van der Waals surface area (Å²) in [6.45, 7) is 2.21. The van der Waals surface area contributed by atoms with E-state index >= 15 is 0 Å². The van der Waals surface area contributed by atoms with E-state index in [9.17, 15) is 4.79 Å². The molecule has 6 nitrogen and oxygen atoms in total. The van der Waals surface area contributed by atoms with Crippen molar-refractivity contribution in [3.63, 3.8) is 0 Å². The molecule has 2 aliphatic rings. The van der Waals surface area contributed by atoms with Crippen molar-refractivity contribution in [2.45, 2.75) is 37.8 Å². The Balaban J connectivity index is 1.63. The van der Waals surface area contributed by atoms with E-state index in [0.717, 1.165) is 49.3 Å². The van der Waals surface area contributed by atoms with E-state index in [0.29, 0.717) is 24.6 Å². The van der Waals surface area contributed by atoms with Crippen LogP contribution in [-0.4, -0.2) is 60.6 Å². The number of methoxy groups -OCH3 is 1. The largest absolute Gasteiger partial charge is 0.497 e. The molecule has 30 heavy (non-hydrogen) atoms. The zero-order valence-corrected chi connectivity index (χ0v) is 18.1. The van der Waals surface area contributed by atoms with Crippen LogP contribution in [0.5, 0.6) is 11.5 Å². The van der Waals surface area contributed by atoms with Gasteiger partial charge in [-0.25, -0.2) is 0 Å². The minimum atomic E-state index is -0.342. The third-order valence-electron chi connectivity index (χ3n) is 6.29. The minimum Gasteiger partial charge on any atom is -0.497 e. The standard InChI is InChI=1S/C24H31N3O3/c1-26(2)15-18-6-10-24(11-7-18)17-27(23(28)19-8-12-25-13-9-19)16-20-14-21(29-3)4-5-22(20)30-24/h4-5,8-9,12-14,18H,6-7,10-11,15-17H2,1-3H3. The number of hydrogen-bond acceptors (Lipinski definition) is 5. The van der Waals surface area contributed by atoms with Crippen LogP contribution in [0, 0.1) is 5.92 Å². The fraction of sp³-hybridized carbons (Fsp3) is 0.500. The molecule has 160 valence electrons. The summed E-state index contributed by atoms with van der Waals surface area (Å²) in [5.41, 5.74) is 1.31. The normalized spacial score (nSPS) is 23.6. The lowest BCUT2D eigenvalue weighted by Crippen LogP contribution is -2.50. The predicted octanol–water partition coefficient (Wildman–Crippen LogP) is 3.62. The summed E-state index contributed by atoms with van der Waals surface area (Å²) in [5, 5.41) is 0. The maximum absolute atomic E-state index is 13.4. The summed E-state index contributed by atoms with van der Waals surface area (Å²) in [7, 11) is 5.92. The van der Waals surface area contributed by atoms with Crippen molar-refractivity contribution in [3.05, 3.63) is 53.9 Å². The number of hydrogen-bond donors (Lipinski definition) is 0. The molecule has 0 N–H and O–H groups in total. The molecular formula is C24H31N3O3. The number of carbonyl (C=O) groups excluding carboxylic acids is 1. The van der Waals surface area contributed by atoms with Crippen molar-refractivity contribution >= 4 is 5.91 Å². The molecule has 1 amide bonds. The first kappa shape index (κ1) is 20.7. The summed E-state index contributed by atoms with van der Waals surface area (Å²) in [5.74, 6) is 2.34. The van der Waals surface area contributed by atoms with Gasteiger partial charge in [0.15, 0.2) is 0 Å². The van der Waals surface area contributed by atoms with Crippen LogP contribution >= 0.6 is 0 Å². The maximum Gasteiger partial charge on any atom is 0.254 e. The Labute approximate surface area is 178 Å². The van der Waals surface area contributed by atoms with Gasteiger partial charge in [-0.2, -0.15) is 0 Å². The van der Waals surface area contributed by atoms with Crippen LogP contribution in [0.3, 0.4) is 0 Å². The molecule has 0 radical (unpaired) electrons. The van der Waals surface area contributed by atoms with E-state index in [4.69, 9.17) is 9.47 Å². The Morgan fingerprint density at radius 3 is 2.63 bits per heavy atom. The fourth-order valence-corrected chi connectivity index (χ4v) is 4.76. The van der Waals surface area contributed by atoms with E-state index in [2.05, 4.69) is 24.0 Å². The highest BCUT2D eigenvalue weighted by Crippen LogP contribution is 2.41. The molecule has 2 heterocycles. The third-order valence-corrected chi connectivity index (χ3v) is 6.29. The molecule has 1 fully saturated rings. The van der Waals surface area contributed by atoms with E-state index in [1.165, 1.54) is 0 Å². The number of fused-ring (bicyclic) bond motifs is 1. The molecule has 1 aliphatic heterocycles. The van der Waals surface area contributed by atoms with Gasteiger partial charge in [-0.15, -0.1) is 0 Å². The molecule has 4 rings (SSSR count). The van der Waals surface area contributed by atoms with Gasteiger partial charge < -0.3 is 19.3 Å². The molecule has 1 aromatic heterocycles. The van der Waals surface area contributed by atoms with Crippen molar-refractivity contribution in [3.8, 4) is 11.5 Å². The number of benzene rings is 1. The van der Waals surface area contributed by atoms with Crippen LogP contribution in [0.15, 0.2) is 42.7 Å². The van der Waals surface area contributed by atoms with Crippen molar-refractivity contribution < 1.29 is 14.3 Å². The van der Waals surface area contributed by atoms with Crippen LogP contribution in [0.25, 0.3) is 0 Å². The number of carbonyl (C=O) groups is 1. The Morgan fingerprint density at radius 2 is 1.97 bits per heavy atom. The second-order valence-corrected chi connectivity index (χ2v) is 8.86. The lowest BCUT2D eigenvalue weighted by molar-refractivity contribution is -0.00724. The predicted molar refractivity (Wildman–Crippen MR) is 116 cm³/mol. The molecule has 1 spiro atoms. The van der Waals surface area contributed by atoms with Crippen molar-refractivity contribution in [2.24, 2.45) is 5.92 Å². The Morgan fingerprint density at radius 1 is 1.23 bits per heavy atom. The molecule has 0 atom stereocenters. The summed E-state index contributed by atoms with van der Waals surface area (Å²) in [6, 6.07) is 9.47. The van der Waals surface area contributed by atoms with Crippen LogP contribution < -0.4 is 9.47 Å². The highest BCUT2D eigenvalue weighted by atomic mass is 16.5. The van der Waals surface area contributed by atoms with E-state index in [1.807, 2.05) is 23.1 Å². The van der Waals surface area contributed by atoms with Crippen molar-refractivity contribution in [1.82, 2.24) is 14.8 Å². The smallest absolute Gasteiger partial charge is 0.254 e. The summed E-state index contributed by atoms with van der Waals surface area (Å²) >= 11 is 0. The quantitative estimate of drug-likeness (QED) is 0.772. The minimum absolute atomic E-state index is 0.0199. The molecule has 1 saturated carbocycles.